The molecule has 2 atom stereocenters. The van der Waals surface area contributed by atoms with Crippen molar-refractivity contribution in [1.82, 2.24) is 0 Å². The molecule has 10 heteroatoms. The molecule has 0 aromatic carbocycles. The van der Waals surface area contributed by atoms with Gasteiger partial charge in [0.15, 0.2) is 12.5 Å². The summed E-state index contributed by atoms with van der Waals surface area (Å²) in [6.45, 7) is 3.40. The lowest BCUT2D eigenvalue weighted by molar-refractivity contribution is 0.131. The second kappa shape index (κ2) is 8.91. The van der Waals surface area contributed by atoms with Crippen LogP contribution in [0.3, 0.4) is 0 Å². The molecule has 0 N–H and O–H groups in total. The van der Waals surface area contributed by atoms with Gasteiger partial charge in [0.1, 0.15) is 0 Å². The topological polar surface area (TPSA) is 133 Å². The van der Waals surface area contributed by atoms with E-state index in [0.717, 1.165) is 0 Å². The fourth-order valence-corrected chi connectivity index (χ4v) is 1.52. The second-order valence-corrected chi connectivity index (χ2v) is 3.44. The summed E-state index contributed by atoms with van der Waals surface area (Å²) >= 11 is 0. The minimum atomic E-state index is -2.47. The Balaban J connectivity index is 4.24. The van der Waals surface area contributed by atoms with E-state index in [-0.39, 0.29) is 0 Å². The van der Waals surface area contributed by atoms with E-state index in [4.69, 9.17) is 20.1 Å². The van der Waals surface area contributed by atoms with Gasteiger partial charge in [-0.15, -0.1) is 9.05 Å². The van der Waals surface area contributed by atoms with E-state index in [1.807, 2.05) is 0 Å². The molecule has 0 rings (SSSR count). The Morgan fingerprint density at radius 3 is 1.75 bits per heavy atom. The summed E-state index contributed by atoms with van der Waals surface area (Å²) in [6, 6.07) is 0. The highest BCUT2D eigenvalue weighted by atomic mass is 31.1. The third kappa shape index (κ3) is 6.19. The Hall–Kier alpha value is -1.36. The summed E-state index contributed by atoms with van der Waals surface area (Å²) < 4.78 is 20.9. The van der Waals surface area contributed by atoms with Crippen LogP contribution in [0.4, 0.5) is 0 Å². The summed E-state index contributed by atoms with van der Waals surface area (Å²) in [5.74, 6) is 0. The zero-order chi connectivity index (χ0) is 12.4. The molecule has 0 aliphatic carbocycles. The van der Waals surface area contributed by atoms with E-state index < -0.39 is 20.7 Å². The van der Waals surface area contributed by atoms with Crippen LogP contribution in [-0.4, -0.2) is 12.5 Å². The third-order valence-electron chi connectivity index (χ3n) is 1.47. The van der Waals surface area contributed by atoms with E-state index in [2.05, 4.69) is 20.1 Å². The fourth-order valence-electron chi connectivity index (χ4n) is 0.693. The van der Waals surface area contributed by atoms with Crippen LogP contribution < -0.4 is 0 Å². The van der Waals surface area contributed by atoms with Crippen LogP contribution in [0.25, 0.3) is 20.9 Å². The minimum Gasteiger partial charge on any atom is -0.110 e. The van der Waals surface area contributed by atoms with Gasteiger partial charge in [-0.25, -0.2) is 0 Å². The number of hydrogen-bond donors (Lipinski definition) is 0. The molecular weight excluding hydrogens is 235 g/mol. The first kappa shape index (κ1) is 14.6. The van der Waals surface area contributed by atoms with Gasteiger partial charge in [-0.1, -0.05) is 24.1 Å². The summed E-state index contributed by atoms with van der Waals surface area (Å²) in [5, 5.41) is 6.51. The van der Waals surface area contributed by atoms with Gasteiger partial charge in [0.2, 0.25) is 0 Å². The fraction of sp³-hybridized carbons (Fsp3) is 1.00. The zero-order valence-electron chi connectivity index (χ0n) is 8.92. The number of nitrogens with zero attached hydrogens (tertiary/aromatic N) is 6. The predicted molar refractivity (Wildman–Crippen MR) is 56.2 cm³/mol. The van der Waals surface area contributed by atoms with Crippen LogP contribution >= 0.6 is 8.25 Å². The Labute approximate surface area is 92.9 Å². The van der Waals surface area contributed by atoms with Crippen molar-refractivity contribution in [3.8, 4) is 0 Å². The van der Waals surface area contributed by atoms with Crippen molar-refractivity contribution in [2.24, 2.45) is 10.2 Å². The van der Waals surface area contributed by atoms with Gasteiger partial charge in [-0.05, 0) is 23.9 Å². The highest BCUT2D eigenvalue weighted by Gasteiger charge is 2.29. The van der Waals surface area contributed by atoms with Crippen LogP contribution in [-0.2, 0) is 13.6 Å². The van der Waals surface area contributed by atoms with Crippen molar-refractivity contribution < 1.29 is 13.6 Å². The molecule has 9 nitrogen and oxygen atoms in total. The van der Waals surface area contributed by atoms with Gasteiger partial charge < -0.3 is 0 Å². The average molecular weight is 247 g/mol. The van der Waals surface area contributed by atoms with E-state index in [1.165, 1.54) is 0 Å². The van der Waals surface area contributed by atoms with E-state index in [0.29, 0.717) is 12.8 Å². The molecular formula is C6H12N6O3P+. The molecule has 0 aliphatic rings. The van der Waals surface area contributed by atoms with Gasteiger partial charge in [-0.2, -0.15) is 0 Å². The lowest BCUT2D eigenvalue weighted by atomic mass is 10.4. The minimum absolute atomic E-state index is 0.368. The van der Waals surface area contributed by atoms with Crippen LogP contribution in [0.1, 0.15) is 26.7 Å². The molecule has 0 fully saturated rings. The smallest absolute Gasteiger partial charge is 0.110 e. The van der Waals surface area contributed by atoms with Crippen LogP contribution in [0.5, 0.6) is 0 Å². The molecule has 2 unspecified atom stereocenters. The first-order chi connectivity index (χ1) is 7.67. The maximum Gasteiger partial charge on any atom is 0.698 e. The predicted octanol–water partition coefficient (Wildman–Crippen LogP) is 3.77. The molecule has 0 aromatic rings. The first-order valence-corrected chi connectivity index (χ1v) is 5.66. The van der Waals surface area contributed by atoms with E-state index in [1.54, 1.807) is 13.8 Å². The monoisotopic (exact) mass is 247 g/mol. The maximum atomic E-state index is 11.3. The number of rotatable bonds is 8. The van der Waals surface area contributed by atoms with Crippen molar-refractivity contribution in [2.45, 2.75) is 39.1 Å². The van der Waals surface area contributed by atoms with Crippen LogP contribution in [0.15, 0.2) is 10.2 Å². The summed E-state index contributed by atoms with van der Waals surface area (Å²) in [7, 11) is -2.47. The normalized spacial score (nSPS) is 14.2. The highest BCUT2D eigenvalue weighted by molar-refractivity contribution is 7.33. The third-order valence-corrected chi connectivity index (χ3v) is 2.31. The molecule has 0 bridgehead atoms. The first-order valence-electron chi connectivity index (χ1n) is 4.57. The molecule has 0 saturated carbocycles. The van der Waals surface area contributed by atoms with Gasteiger partial charge >= 0.3 is 8.25 Å². The molecule has 0 heterocycles. The van der Waals surface area contributed by atoms with Gasteiger partial charge in [0.25, 0.3) is 0 Å². The van der Waals surface area contributed by atoms with Gasteiger partial charge in [0.05, 0.1) is 0 Å². The largest absolute Gasteiger partial charge is 0.698 e. The molecule has 88 valence electrons. The summed E-state index contributed by atoms with van der Waals surface area (Å²) in [5.41, 5.74) is 16.3. The maximum absolute atomic E-state index is 11.3. The lowest BCUT2D eigenvalue weighted by Gasteiger charge is -2.01. The zero-order valence-corrected chi connectivity index (χ0v) is 9.82. The molecule has 0 saturated heterocycles. The molecule has 0 aliphatic heterocycles. The molecule has 16 heavy (non-hydrogen) atoms. The highest BCUT2D eigenvalue weighted by Crippen LogP contribution is 2.30. The summed E-state index contributed by atoms with van der Waals surface area (Å²) in [4.78, 5) is 5.06. The van der Waals surface area contributed by atoms with Crippen molar-refractivity contribution in [3.05, 3.63) is 20.9 Å². The quantitative estimate of drug-likeness (QED) is 0.279. The molecule has 0 amide bonds. The van der Waals surface area contributed by atoms with Crippen LogP contribution in [0, 0.1) is 0 Å². The lowest BCUT2D eigenvalue weighted by Crippen LogP contribution is -2.07. The second-order valence-electron chi connectivity index (χ2n) is 2.57. The van der Waals surface area contributed by atoms with Gasteiger partial charge in [-0.3, -0.25) is 0 Å². The van der Waals surface area contributed by atoms with Crippen molar-refractivity contribution in [3.63, 3.8) is 0 Å². The summed E-state index contributed by atoms with van der Waals surface area (Å²) in [6.07, 6.45) is -0.964. The Bertz CT molecular complexity index is 294. The number of azide groups is 2. The Morgan fingerprint density at radius 2 is 1.50 bits per heavy atom. The molecule has 0 aromatic heterocycles. The van der Waals surface area contributed by atoms with Crippen molar-refractivity contribution >= 4 is 8.25 Å². The number of hydrogen-bond acceptors (Lipinski definition) is 5. The van der Waals surface area contributed by atoms with E-state index >= 15 is 0 Å². The molecule has 0 radical (unpaired) electrons. The standard InChI is InChI=1S/C6H12N6O3P/c1-3-5(9-11-7)14-16(13)15-6(4-2)10-12-8/h5-6H,3-4H2,1-2H3/q+1. The van der Waals surface area contributed by atoms with E-state index in [9.17, 15) is 4.57 Å². The van der Waals surface area contributed by atoms with Gasteiger partial charge in [0, 0.05) is 14.4 Å². The SMILES string of the molecule is CCC(N=[N+]=[N-])O[P+](=O)OC(CC)N=[N+]=[N-]. The Morgan fingerprint density at radius 1 is 1.12 bits per heavy atom. The van der Waals surface area contributed by atoms with Crippen LogP contribution in [0.2, 0.25) is 0 Å². The van der Waals surface area contributed by atoms with Crippen molar-refractivity contribution in [2.75, 3.05) is 0 Å². The van der Waals surface area contributed by atoms with Crippen molar-refractivity contribution in [1.29, 1.82) is 0 Å². The Kier molecular flexibility index (Phi) is 8.15. The molecule has 0 spiro atoms. The average Bonchev–Trinajstić information content (AvgIpc) is 2.27.